The smallest absolute Gasteiger partial charge is 0.267 e. The Labute approximate surface area is 173 Å². The third-order valence-electron chi connectivity index (χ3n) is 3.92. The van der Waals surface area contributed by atoms with Gasteiger partial charge in [-0.15, -0.1) is 22.7 Å². The summed E-state index contributed by atoms with van der Waals surface area (Å²) < 4.78 is 1.06. The molecule has 0 aliphatic heterocycles. The molecule has 0 atom stereocenters. The molecule has 0 radical (unpaired) electrons. The number of benzene rings is 1. The van der Waals surface area contributed by atoms with E-state index in [1.165, 1.54) is 39.6 Å². The molecule has 28 heavy (non-hydrogen) atoms. The number of fused-ring (bicyclic) bond motifs is 1. The van der Waals surface area contributed by atoms with Crippen LogP contribution in [0.1, 0.15) is 27.3 Å². The summed E-state index contributed by atoms with van der Waals surface area (Å²) in [6.07, 6.45) is 0.804. The number of rotatable bonds is 6. The van der Waals surface area contributed by atoms with Crippen LogP contribution >= 0.6 is 34.0 Å². The van der Waals surface area contributed by atoms with Crippen LogP contribution in [-0.2, 0) is 11.2 Å². The number of nitrogens with zero attached hydrogens (tertiary/aromatic N) is 2. The van der Waals surface area contributed by atoms with Crippen molar-refractivity contribution in [3.8, 4) is 0 Å². The Morgan fingerprint density at radius 2 is 1.96 bits per heavy atom. The normalized spacial score (nSPS) is 10.9. The predicted molar refractivity (Wildman–Crippen MR) is 116 cm³/mol. The minimum atomic E-state index is -0.167. The second-order valence-corrected chi connectivity index (χ2v) is 8.95. The first kappa shape index (κ1) is 18.7. The summed E-state index contributed by atoms with van der Waals surface area (Å²) in [7, 11) is 0. The maximum absolute atomic E-state index is 12.2. The highest BCUT2D eigenvalue weighted by Gasteiger charge is 2.12. The van der Waals surface area contributed by atoms with Crippen LogP contribution in [0.2, 0.25) is 0 Å². The molecular weight excluding hydrogens is 412 g/mol. The lowest BCUT2D eigenvalue weighted by Crippen LogP contribution is -2.12. The number of amides is 2. The van der Waals surface area contributed by atoms with Gasteiger partial charge in [-0.05, 0) is 42.5 Å². The van der Waals surface area contributed by atoms with E-state index in [2.05, 4.69) is 26.7 Å². The van der Waals surface area contributed by atoms with Crippen LogP contribution in [0.3, 0.4) is 0 Å². The first-order chi connectivity index (χ1) is 13.6. The number of aryl methyl sites for hydroxylation is 2. The van der Waals surface area contributed by atoms with Crippen molar-refractivity contribution in [1.82, 2.24) is 9.97 Å². The quantitative estimate of drug-likeness (QED) is 0.455. The lowest BCUT2D eigenvalue weighted by molar-refractivity contribution is -0.116. The van der Waals surface area contributed by atoms with Gasteiger partial charge in [-0.3, -0.25) is 14.9 Å². The fourth-order valence-corrected chi connectivity index (χ4v) is 4.89. The lowest BCUT2D eigenvalue weighted by atomic mass is 10.2. The molecule has 0 fully saturated rings. The van der Waals surface area contributed by atoms with Gasteiger partial charge < -0.3 is 5.32 Å². The second-order valence-electron chi connectivity index (χ2n) is 6.11. The zero-order chi connectivity index (χ0) is 19.5. The number of carbonyl (C=O) groups excluding carboxylic acids is 2. The van der Waals surface area contributed by atoms with Gasteiger partial charge in [0.2, 0.25) is 5.91 Å². The van der Waals surface area contributed by atoms with Gasteiger partial charge in [0.25, 0.3) is 5.91 Å². The van der Waals surface area contributed by atoms with Crippen LogP contribution in [-0.4, -0.2) is 21.8 Å². The number of thiophene rings is 1. The molecule has 4 aromatic rings. The molecule has 9 heteroatoms. The molecule has 3 aromatic heterocycles. The fourth-order valence-electron chi connectivity index (χ4n) is 2.55. The Balaban J connectivity index is 1.31. The maximum atomic E-state index is 12.2. The molecule has 0 saturated heterocycles. The number of hydrogen-bond acceptors (Lipinski definition) is 7. The summed E-state index contributed by atoms with van der Waals surface area (Å²) in [5, 5.41) is 10.5. The van der Waals surface area contributed by atoms with Crippen molar-refractivity contribution < 1.29 is 9.59 Å². The van der Waals surface area contributed by atoms with Gasteiger partial charge in [0.05, 0.1) is 20.8 Å². The molecule has 142 valence electrons. The van der Waals surface area contributed by atoms with Crippen LogP contribution in [0.5, 0.6) is 0 Å². The molecule has 2 N–H and O–H groups in total. The van der Waals surface area contributed by atoms with E-state index in [1.807, 2.05) is 35.9 Å². The summed E-state index contributed by atoms with van der Waals surface area (Å²) in [5.41, 5.74) is 2.83. The van der Waals surface area contributed by atoms with Gasteiger partial charge in [-0.2, -0.15) is 0 Å². The second kappa shape index (κ2) is 8.17. The molecule has 0 unspecified atom stereocenters. The molecule has 3 heterocycles. The minimum absolute atomic E-state index is 0.104. The van der Waals surface area contributed by atoms with E-state index in [0.717, 1.165) is 15.9 Å². The lowest BCUT2D eigenvalue weighted by Gasteiger charge is -2.00. The summed E-state index contributed by atoms with van der Waals surface area (Å²) in [6.45, 7) is 2.03. The number of anilines is 2. The van der Waals surface area contributed by atoms with Crippen molar-refractivity contribution in [3.05, 3.63) is 57.2 Å². The molecule has 4 rings (SSSR count). The summed E-state index contributed by atoms with van der Waals surface area (Å²) in [4.78, 5) is 33.7. The fraction of sp³-hybridized carbons (Fsp3) is 0.158. The predicted octanol–water partition coefficient (Wildman–Crippen LogP) is 4.95. The van der Waals surface area contributed by atoms with E-state index in [0.29, 0.717) is 28.0 Å². The van der Waals surface area contributed by atoms with E-state index < -0.39 is 0 Å². The Bertz CT molecular complexity index is 1130. The summed E-state index contributed by atoms with van der Waals surface area (Å²) in [6, 6.07) is 9.62. The Hall–Kier alpha value is -2.62. The van der Waals surface area contributed by atoms with Gasteiger partial charge in [0.1, 0.15) is 0 Å². The number of thiazole rings is 2. The number of hydrogen-bond donors (Lipinski definition) is 2. The van der Waals surface area contributed by atoms with Crippen LogP contribution in [0.25, 0.3) is 10.2 Å². The topological polar surface area (TPSA) is 84.0 Å². The van der Waals surface area contributed by atoms with Gasteiger partial charge >= 0.3 is 0 Å². The largest absolute Gasteiger partial charge is 0.302 e. The summed E-state index contributed by atoms with van der Waals surface area (Å²) in [5.74, 6) is -0.271. The highest BCUT2D eigenvalue weighted by Crippen LogP contribution is 2.27. The van der Waals surface area contributed by atoms with Crippen LogP contribution in [0.15, 0.2) is 41.1 Å². The first-order valence-electron chi connectivity index (χ1n) is 8.53. The Morgan fingerprint density at radius 3 is 2.79 bits per heavy atom. The number of aromatic nitrogens is 2. The maximum Gasteiger partial charge on any atom is 0.267 e. The van der Waals surface area contributed by atoms with Crippen molar-refractivity contribution in [3.63, 3.8) is 0 Å². The van der Waals surface area contributed by atoms with Gasteiger partial charge in [0.15, 0.2) is 10.3 Å². The van der Waals surface area contributed by atoms with Crippen LogP contribution in [0, 0.1) is 6.92 Å². The SMILES string of the molecule is Cc1ccc2nc(NC(=O)CCc3csc(NC(=O)c4cccs4)n3)sc2c1. The molecular formula is C19H16N4O2S3. The van der Waals surface area contributed by atoms with E-state index in [-0.39, 0.29) is 11.8 Å². The molecule has 0 aliphatic carbocycles. The molecule has 0 saturated carbocycles. The van der Waals surface area contributed by atoms with Gasteiger partial charge in [-0.1, -0.05) is 23.5 Å². The highest BCUT2D eigenvalue weighted by molar-refractivity contribution is 7.22. The van der Waals surface area contributed by atoms with Crippen molar-refractivity contribution in [2.75, 3.05) is 10.6 Å². The third kappa shape index (κ3) is 4.44. The standard InChI is InChI=1S/C19H16N4O2S3/c1-11-4-6-13-15(9-11)28-19(21-13)22-16(24)7-5-12-10-27-18(20-12)23-17(25)14-3-2-8-26-14/h2-4,6,8-10H,5,7H2,1H3,(H,20,23,25)(H,21,22,24). The van der Waals surface area contributed by atoms with E-state index in [4.69, 9.17) is 0 Å². The molecule has 0 bridgehead atoms. The van der Waals surface area contributed by atoms with Crippen molar-refractivity contribution >= 4 is 66.3 Å². The molecule has 0 spiro atoms. The van der Waals surface area contributed by atoms with E-state index in [9.17, 15) is 9.59 Å². The Kier molecular flexibility index (Phi) is 5.47. The van der Waals surface area contributed by atoms with Gasteiger partial charge in [0, 0.05) is 11.8 Å². The van der Waals surface area contributed by atoms with Crippen LogP contribution in [0.4, 0.5) is 10.3 Å². The monoisotopic (exact) mass is 428 g/mol. The summed E-state index contributed by atoms with van der Waals surface area (Å²) >= 11 is 4.20. The van der Waals surface area contributed by atoms with Crippen molar-refractivity contribution in [2.45, 2.75) is 19.8 Å². The Morgan fingerprint density at radius 1 is 1.07 bits per heavy atom. The number of nitrogens with one attached hydrogen (secondary N) is 2. The zero-order valence-corrected chi connectivity index (χ0v) is 17.3. The number of carbonyl (C=O) groups is 2. The average Bonchev–Trinajstić information content (AvgIpc) is 3.40. The third-order valence-corrected chi connectivity index (χ3v) is 6.52. The van der Waals surface area contributed by atoms with Crippen LogP contribution < -0.4 is 10.6 Å². The van der Waals surface area contributed by atoms with Crippen molar-refractivity contribution in [2.24, 2.45) is 0 Å². The molecule has 1 aromatic carbocycles. The van der Waals surface area contributed by atoms with E-state index in [1.54, 1.807) is 6.07 Å². The molecule has 2 amide bonds. The van der Waals surface area contributed by atoms with E-state index >= 15 is 0 Å². The molecule has 6 nitrogen and oxygen atoms in total. The first-order valence-corrected chi connectivity index (χ1v) is 11.1. The highest BCUT2D eigenvalue weighted by atomic mass is 32.1. The average molecular weight is 429 g/mol. The van der Waals surface area contributed by atoms with Gasteiger partial charge in [-0.25, -0.2) is 9.97 Å². The minimum Gasteiger partial charge on any atom is -0.302 e. The zero-order valence-electron chi connectivity index (χ0n) is 14.9. The molecule has 0 aliphatic rings. The van der Waals surface area contributed by atoms with Crippen molar-refractivity contribution in [1.29, 1.82) is 0 Å².